The van der Waals surface area contributed by atoms with E-state index in [-0.39, 0.29) is 5.91 Å². The van der Waals surface area contributed by atoms with E-state index < -0.39 is 0 Å². The second-order valence-electron chi connectivity index (χ2n) is 5.71. The maximum absolute atomic E-state index is 12.3. The van der Waals surface area contributed by atoms with E-state index in [9.17, 15) is 4.79 Å². The molecule has 0 radical (unpaired) electrons. The fourth-order valence-electron chi connectivity index (χ4n) is 2.62. The third-order valence-corrected chi connectivity index (χ3v) is 4.69. The van der Waals surface area contributed by atoms with Crippen LogP contribution < -0.4 is 10.6 Å². The number of nitrogens with zero attached hydrogens (tertiary/aromatic N) is 2. The van der Waals surface area contributed by atoms with E-state index in [1.165, 1.54) is 11.3 Å². The van der Waals surface area contributed by atoms with Crippen LogP contribution in [0.1, 0.15) is 16.1 Å². The summed E-state index contributed by atoms with van der Waals surface area (Å²) in [5, 5.41) is 10.6. The zero-order chi connectivity index (χ0) is 17.8. The Hall–Kier alpha value is -3.25. The smallest absolute Gasteiger partial charge is 0.271 e. The van der Waals surface area contributed by atoms with Crippen LogP contribution >= 0.6 is 11.3 Å². The molecular weight excluding hydrogens is 344 g/mol. The molecule has 2 N–H and O–H groups in total. The van der Waals surface area contributed by atoms with E-state index >= 15 is 0 Å². The molecule has 128 valence electrons. The first-order valence-corrected chi connectivity index (χ1v) is 9.06. The van der Waals surface area contributed by atoms with E-state index in [1.807, 2.05) is 60.7 Å². The normalized spacial score (nSPS) is 10.6. The van der Waals surface area contributed by atoms with Crippen molar-refractivity contribution in [3.63, 3.8) is 0 Å². The third-order valence-electron chi connectivity index (χ3n) is 3.93. The zero-order valence-electron chi connectivity index (χ0n) is 13.8. The Morgan fingerprint density at radius 2 is 1.81 bits per heavy atom. The Bertz CT molecular complexity index is 1040. The van der Waals surface area contributed by atoms with Gasteiger partial charge in [0.2, 0.25) is 0 Å². The summed E-state index contributed by atoms with van der Waals surface area (Å²) in [6.45, 7) is 0.477. The fourth-order valence-corrected chi connectivity index (χ4v) is 3.31. The molecule has 0 aliphatic carbocycles. The number of amides is 1. The summed E-state index contributed by atoms with van der Waals surface area (Å²) in [7, 11) is 0. The Kier molecular flexibility index (Phi) is 4.57. The Labute approximate surface area is 154 Å². The molecule has 0 spiro atoms. The predicted octanol–water partition coefficient (Wildman–Crippen LogP) is 4.36. The van der Waals surface area contributed by atoms with Gasteiger partial charge in [0.25, 0.3) is 5.91 Å². The van der Waals surface area contributed by atoms with Crippen molar-refractivity contribution in [1.29, 1.82) is 0 Å². The number of aromatic nitrogens is 2. The number of benzene rings is 2. The van der Waals surface area contributed by atoms with Gasteiger partial charge >= 0.3 is 0 Å². The minimum Gasteiger partial charge on any atom is -0.347 e. The molecule has 0 saturated heterocycles. The number of anilines is 2. The topological polar surface area (TPSA) is 66.9 Å². The highest BCUT2D eigenvalue weighted by Crippen LogP contribution is 2.25. The summed E-state index contributed by atoms with van der Waals surface area (Å²) in [5.41, 5.74) is 1.45. The van der Waals surface area contributed by atoms with Gasteiger partial charge in [0, 0.05) is 23.5 Å². The standard InChI is InChI=1S/C20H16N4OS/c25-19(22-12-14-6-2-1-3-7-14)17-13-26-20(23-17)24-18-16-9-5-4-8-15(16)10-11-21-18/h1-11,13H,12H2,(H,22,25)(H,21,23,24). The molecule has 0 bridgehead atoms. The van der Waals surface area contributed by atoms with Gasteiger partial charge in [-0.3, -0.25) is 4.79 Å². The Morgan fingerprint density at radius 1 is 1.00 bits per heavy atom. The second kappa shape index (κ2) is 7.33. The van der Waals surface area contributed by atoms with Crippen LogP contribution in [0.25, 0.3) is 10.8 Å². The van der Waals surface area contributed by atoms with E-state index in [1.54, 1.807) is 11.6 Å². The molecular formula is C20H16N4OS. The van der Waals surface area contributed by atoms with Crippen molar-refractivity contribution in [2.45, 2.75) is 6.54 Å². The van der Waals surface area contributed by atoms with Crippen LogP contribution in [0.3, 0.4) is 0 Å². The molecule has 2 heterocycles. The minimum atomic E-state index is -0.191. The third kappa shape index (κ3) is 3.55. The summed E-state index contributed by atoms with van der Waals surface area (Å²) < 4.78 is 0. The maximum Gasteiger partial charge on any atom is 0.271 e. The van der Waals surface area contributed by atoms with Gasteiger partial charge < -0.3 is 10.6 Å². The molecule has 1 amide bonds. The van der Waals surface area contributed by atoms with Crippen LogP contribution in [0.4, 0.5) is 10.9 Å². The molecule has 2 aromatic carbocycles. The molecule has 2 aromatic heterocycles. The second-order valence-corrected chi connectivity index (χ2v) is 6.57. The molecule has 26 heavy (non-hydrogen) atoms. The molecule has 4 rings (SSSR count). The molecule has 0 saturated carbocycles. The van der Waals surface area contributed by atoms with E-state index in [0.29, 0.717) is 17.4 Å². The summed E-state index contributed by atoms with van der Waals surface area (Å²) >= 11 is 1.38. The quantitative estimate of drug-likeness (QED) is 0.555. The van der Waals surface area contributed by atoms with Gasteiger partial charge in [-0.2, -0.15) is 0 Å². The lowest BCUT2D eigenvalue weighted by Gasteiger charge is -2.05. The monoisotopic (exact) mass is 360 g/mol. The Balaban J connectivity index is 1.46. The van der Waals surface area contributed by atoms with Crippen molar-refractivity contribution < 1.29 is 4.79 Å². The maximum atomic E-state index is 12.3. The number of pyridine rings is 1. The Morgan fingerprint density at radius 3 is 2.69 bits per heavy atom. The van der Waals surface area contributed by atoms with Crippen molar-refractivity contribution >= 4 is 39.0 Å². The highest BCUT2D eigenvalue weighted by molar-refractivity contribution is 7.14. The number of fused-ring (bicyclic) bond motifs is 1. The molecule has 0 unspecified atom stereocenters. The predicted molar refractivity (Wildman–Crippen MR) is 105 cm³/mol. The molecule has 0 aliphatic rings. The van der Waals surface area contributed by atoms with Gasteiger partial charge in [0.05, 0.1) is 0 Å². The average molecular weight is 360 g/mol. The van der Waals surface area contributed by atoms with Gasteiger partial charge in [-0.05, 0) is 17.0 Å². The molecule has 6 heteroatoms. The summed E-state index contributed by atoms with van der Waals surface area (Å²) in [4.78, 5) is 21.1. The molecule has 0 atom stereocenters. The number of nitrogens with one attached hydrogen (secondary N) is 2. The summed E-state index contributed by atoms with van der Waals surface area (Å²) in [6.07, 6.45) is 1.76. The lowest BCUT2D eigenvalue weighted by molar-refractivity contribution is 0.0946. The van der Waals surface area contributed by atoms with Gasteiger partial charge in [-0.15, -0.1) is 11.3 Å². The highest BCUT2D eigenvalue weighted by Gasteiger charge is 2.11. The minimum absolute atomic E-state index is 0.191. The first kappa shape index (κ1) is 16.2. The number of rotatable bonds is 5. The van der Waals surface area contributed by atoms with Crippen LogP contribution in [-0.4, -0.2) is 15.9 Å². The average Bonchev–Trinajstić information content (AvgIpc) is 3.16. The summed E-state index contributed by atoms with van der Waals surface area (Å²) in [5.74, 6) is 0.540. The van der Waals surface area contributed by atoms with Gasteiger partial charge in [-0.25, -0.2) is 9.97 Å². The molecule has 5 nitrogen and oxygen atoms in total. The van der Waals surface area contributed by atoms with Crippen molar-refractivity contribution in [1.82, 2.24) is 15.3 Å². The van der Waals surface area contributed by atoms with E-state index in [0.717, 1.165) is 22.2 Å². The molecule has 0 aliphatic heterocycles. The largest absolute Gasteiger partial charge is 0.347 e. The SMILES string of the molecule is O=C(NCc1ccccc1)c1csc(Nc2nccc3ccccc23)n1. The first-order chi connectivity index (χ1) is 12.8. The van der Waals surface area contributed by atoms with Crippen LogP contribution in [0.2, 0.25) is 0 Å². The lowest BCUT2D eigenvalue weighted by Crippen LogP contribution is -2.23. The van der Waals surface area contributed by atoms with Gasteiger partial charge in [0.1, 0.15) is 11.5 Å². The fraction of sp³-hybridized carbons (Fsp3) is 0.0500. The van der Waals surface area contributed by atoms with E-state index in [4.69, 9.17) is 0 Å². The number of carbonyl (C=O) groups is 1. The summed E-state index contributed by atoms with van der Waals surface area (Å²) in [6, 6.07) is 19.8. The van der Waals surface area contributed by atoms with Gasteiger partial charge in [0.15, 0.2) is 5.13 Å². The zero-order valence-corrected chi connectivity index (χ0v) is 14.7. The molecule has 4 aromatic rings. The van der Waals surface area contributed by atoms with Crippen molar-refractivity contribution in [3.05, 3.63) is 83.5 Å². The number of hydrogen-bond acceptors (Lipinski definition) is 5. The van der Waals surface area contributed by atoms with Gasteiger partial charge in [-0.1, -0.05) is 54.6 Å². The van der Waals surface area contributed by atoms with Crippen molar-refractivity contribution in [2.75, 3.05) is 5.32 Å². The van der Waals surface area contributed by atoms with Crippen LogP contribution in [-0.2, 0) is 6.54 Å². The molecule has 0 fully saturated rings. The lowest BCUT2D eigenvalue weighted by atomic mass is 10.2. The van der Waals surface area contributed by atoms with Crippen molar-refractivity contribution in [3.8, 4) is 0 Å². The number of hydrogen-bond donors (Lipinski definition) is 2. The highest BCUT2D eigenvalue weighted by atomic mass is 32.1. The van der Waals surface area contributed by atoms with Crippen molar-refractivity contribution in [2.24, 2.45) is 0 Å². The number of thiazole rings is 1. The van der Waals surface area contributed by atoms with E-state index in [2.05, 4.69) is 20.6 Å². The van der Waals surface area contributed by atoms with Crippen LogP contribution in [0, 0.1) is 0 Å². The van der Waals surface area contributed by atoms with Crippen LogP contribution in [0.15, 0.2) is 72.2 Å². The first-order valence-electron chi connectivity index (χ1n) is 8.18. The number of carbonyl (C=O) groups excluding carboxylic acids is 1. The van der Waals surface area contributed by atoms with Crippen LogP contribution in [0.5, 0.6) is 0 Å².